The van der Waals surface area contributed by atoms with E-state index >= 15 is 0 Å². The first-order chi connectivity index (χ1) is 10.0. The largest absolute Gasteiger partial charge is 0.370 e. The number of nitrogens with two attached hydrogens (primary N) is 1. The van der Waals surface area contributed by atoms with E-state index in [0.717, 1.165) is 24.7 Å². The van der Waals surface area contributed by atoms with E-state index < -0.39 is 0 Å². The van der Waals surface area contributed by atoms with E-state index in [1.165, 1.54) is 18.4 Å². The Hall–Kier alpha value is -1.26. The second kappa shape index (κ2) is 5.50. The number of halogens is 1. The van der Waals surface area contributed by atoms with Crippen LogP contribution in [0.15, 0.2) is 29.3 Å². The van der Waals surface area contributed by atoms with E-state index in [4.69, 9.17) is 17.3 Å². The fourth-order valence-electron chi connectivity index (χ4n) is 3.32. The Morgan fingerprint density at radius 1 is 1.33 bits per heavy atom. The van der Waals surface area contributed by atoms with Gasteiger partial charge in [-0.1, -0.05) is 23.7 Å². The lowest BCUT2D eigenvalue weighted by Gasteiger charge is -2.41. The third kappa shape index (κ3) is 2.62. The van der Waals surface area contributed by atoms with Gasteiger partial charge in [-0.2, -0.15) is 0 Å². The summed E-state index contributed by atoms with van der Waals surface area (Å²) in [6.07, 6.45) is 2.51. The summed E-state index contributed by atoms with van der Waals surface area (Å²) in [6, 6.07) is 8.22. The molecule has 1 heterocycles. The van der Waals surface area contributed by atoms with Crippen LogP contribution in [-0.4, -0.2) is 49.5 Å². The number of likely N-dealkylation sites (N-methyl/N-ethyl adjacent to an activating group) is 1. The first kappa shape index (κ1) is 14.7. The number of guanidine groups is 1. The molecule has 0 spiro atoms. The molecule has 1 saturated carbocycles. The van der Waals surface area contributed by atoms with E-state index in [2.05, 4.69) is 41.0 Å². The highest BCUT2D eigenvalue weighted by molar-refractivity contribution is 6.30. The Kier molecular flexibility index (Phi) is 3.84. The Balaban J connectivity index is 1.94. The summed E-state index contributed by atoms with van der Waals surface area (Å²) in [7, 11) is 4.18. The molecule has 0 bridgehead atoms. The van der Waals surface area contributed by atoms with Gasteiger partial charge in [-0.05, 0) is 50.6 Å². The van der Waals surface area contributed by atoms with Crippen molar-refractivity contribution in [2.24, 2.45) is 16.6 Å². The molecule has 5 heteroatoms. The van der Waals surface area contributed by atoms with Crippen LogP contribution in [-0.2, 0) is 5.54 Å². The maximum absolute atomic E-state index is 6.20. The fourth-order valence-corrected chi connectivity index (χ4v) is 3.45. The van der Waals surface area contributed by atoms with Gasteiger partial charge >= 0.3 is 0 Å². The van der Waals surface area contributed by atoms with Gasteiger partial charge in [0, 0.05) is 18.1 Å². The number of rotatable bonds is 5. The first-order valence-electron chi connectivity index (χ1n) is 7.52. The molecule has 1 aliphatic heterocycles. The van der Waals surface area contributed by atoms with Crippen molar-refractivity contribution in [3.8, 4) is 0 Å². The van der Waals surface area contributed by atoms with Gasteiger partial charge in [0.2, 0.25) is 0 Å². The van der Waals surface area contributed by atoms with Gasteiger partial charge in [-0.3, -0.25) is 4.99 Å². The van der Waals surface area contributed by atoms with E-state index in [-0.39, 0.29) is 5.54 Å². The van der Waals surface area contributed by atoms with Crippen LogP contribution in [0, 0.1) is 5.92 Å². The normalized spacial score (nSPS) is 25.5. The zero-order chi connectivity index (χ0) is 15.0. The molecule has 2 N–H and O–H groups in total. The van der Waals surface area contributed by atoms with Crippen molar-refractivity contribution >= 4 is 17.6 Å². The van der Waals surface area contributed by atoms with Crippen LogP contribution in [0.2, 0.25) is 5.02 Å². The van der Waals surface area contributed by atoms with E-state index in [1.807, 2.05) is 12.1 Å². The highest BCUT2D eigenvalue weighted by atomic mass is 35.5. The van der Waals surface area contributed by atoms with Crippen molar-refractivity contribution in [3.05, 3.63) is 34.9 Å². The van der Waals surface area contributed by atoms with Crippen molar-refractivity contribution in [1.29, 1.82) is 0 Å². The quantitative estimate of drug-likeness (QED) is 0.906. The summed E-state index contributed by atoms with van der Waals surface area (Å²) < 4.78 is 0. The van der Waals surface area contributed by atoms with Gasteiger partial charge in [0.1, 0.15) is 0 Å². The van der Waals surface area contributed by atoms with Crippen molar-refractivity contribution in [3.63, 3.8) is 0 Å². The summed E-state index contributed by atoms with van der Waals surface area (Å²) in [5.41, 5.74) is 7.43. The minimum atomic E-state index is -0.0648. The van der Waals surface area contributed by atoms with Crippen molar-refractivity contribution in [2.45, 2.75) is 18.4 Å². The molecule has 0 radical (unpaired) electrons. The molecule has 1 aromatic carbocycles. The number of benzene rings is 1. The van der Waals surface area contributed by atoms with E-state index in [0.29, 0.717) is 11.9 Å². The van der Waals surface area contributed by atoms with Crippen LogP contribution in [0.5, 0.6) is 0 Å². The average molecular weight is 307 g/mol. The number of nitrogens with zero attached hydrogens (tertiary/aromatic N) is 3. The summed E-state index contributed by atoms with van der Waals surface area (Å²) in [5, 5.41) is 0.774. The second-order valence-corrected chi connectivity index (χ2v) is 6.77. The molecule has 0 aromatic heterocycles. The smallest absolute Gasteiger partial charge is 0.192 e. The lowest BCUT2D eigenvalue weighted by atomic mass is 9.84. The van der Waals surface area contributed by atoms with Crippen LogP contribution in [0.25, 0.3) is 0 Å². The summed E-state index contributed by atoms with van der Waals surface area (Å²) in [4.78, 5) is 9.08. The van der Waals surface area contributed by atoms with Crippen LogP contribution >= 0.6 is 11.6 Å². The first-order valence-corrected chi connectivity index (χ1v) is 7.90. The molecular weight excluding hydrogens is 284 g/mol. The van der Waals surface area contributed by atoms with Gasteiger partial charge in [0.25, 0.3) is 0 Å². The molecule has 1 fully saturated rings. The molecule has 0 saturated heterocycles. The third-order valence-electron chi connectivity index (χ3n) is 4.61. The summed E-state index contributed by atoms with van der Waals surface area (Å²) in [6.45, 7) is 2.64. The zero-order valence-corrected chi connectivity index (χ0v) is 13.5. The Morgan fingerprint density at radius 2 is 2.00 bits per heavy atom. The Morgan fingerprint density at radius 3 is 2.57 bits per heavy atom. The van der Waals surface area contributed by atoms with Crippen LogP contribution in [0.1, 0.15) is 18.4 Å². The van der Waals surface area contributed by atoms with Crippen molar-refractivity contribution < 1.29 is 0 Å². The minimum absolute atomic E-state index is 0.0648. The molecule has 2 aliphatic rings. The van der Waals surface area contributed by atoms with Crippen molar-refractivity contribution in [1.82, 2.24) is 9.80 Å². The van der Waals surface area contributed by atoms with Crippen molar-refractivity contribution in [2.75, 3.05) is 33.7 Å². The average Bonchev–Trinajstić information content (AvgIpc) is 3.23. The molecule has 1 aliphatic carbocycles. The van der Waals surface area contributed by atoms with Crippen LogP contribution in [0.4, 0.5) is 0 Å². The number of hydrogen-bond acceptors (Lipinski definition) is 4. The maximum Gasteiger partial charge on any atom is 0.192 e. The molecule has 21 heavy (non-hydrogen) atoms. The standard InChI is InChI=1S/C16H23ClN4/c1-20(2)9-10-21-15(18)19-11-16(21,12-3-4-12)13-5-7-14(17)8-6-13/h5-8,12H,3-4,9-11H2,1-2H3,(H2,18,19). The molecule has 114 valence electrons. The van der Waals surface area contributed by atoms with Gasteiger partial charge in [-0.25, -0.2) is 0 Å². The highest BCUT2D eigenvalue weighted by Crippen LogP contribution is 2.51. The highest BCUT2D eigenvalue weighted by Gasteiger charge is 2.53. The van der Waals surface area contributed by atoms with E-state index in [9.17, 15) is 0 Å². The fraction of sp³-hybridized carbons (Fsp3) is 0.562. The topological polar surface area (TPSA) is 44.9 Å². The number of hydrogen-bond donors (Lipinski definition) is 1. The van der Waals surface area contributed by atoms with Gasteiger partial charge in [0.05, 0.1) is 12.1 Å². The van der Waals surface area contributed by atoms with Crippen LogP contribution in [0.3, 0.4) is 0 Å². The van der Waals surface area contributed by atoms with Crippen LogP contribution < -0.4 is 5.73 Å². The zero-order valence-electron chi connectivity index (χ0n) is 12.7. The monoisotopic (exact) mass is 306 g/mol. The lowest BCUT2D eigenvalue weighted by molar-refractivity contribution is 0.158. The predicted molar refractivity (Wildman–Crippen MR) is 87.6 cm³/mol. The molecule has 3 rings (SSSR count). The molecule has 1 unspecified atom stereocenters. The molecule has 0 amide bonds. The Bertz CT molecular complexity index is 536. The minimum Gasteiger partial charge on any atom is -0.370 e. The summed E-state index contributed by atoms with van der Waals surface area (Å²) >= 11 is 6.05. The molecule has 1 atom stereocenters. The summed E-state index contributed by atoms with van der Waals surface area (Å²) in [5.74, 6) is 1.32. The molecule has 1 aromatic rings. The predicted octanol–water partition coefficient (Wildman–Crippen LogP) is 2.14. The maximum atomic E-state index is 6.20. The third-order valence-corrected chi connectivity index (χ3v) is 4.86. The van der Waals surface area contributed by atoms with Gasteiger partial charge in [0.15, 0.2) is 5.96 Å². The molecule has 4 nitrogen and oxygen atoms in total. The van der Waals surface area contributed by atoms with Gasteiger partial charge in [-0.15, -0.1) is 0 Å². The number of aliphatic imine (C=N–C) groups is 1. The SMILES string of the molecule is CN(C)CCN1C(N)=NCC1(c1ccc(Cl)cc1)C1CC1. The second-order valence-electron chi connectivity index (χ2n) is 6.33. The molecular formula is C16H23ClN4. The lowest BCUT2D eigenvalue weighted by Crippen LogP contribution is -2.52. The van der Waals surface area contributed by atoms with Gasteiger partial charge < -0.3 is 15.5 Å². The van der Waals surface area contributed by atoms with E-state index in [1.54, 1.807) is 0 Å². The Labute approximate surface area is 131 Å².